The predicted octanol–water partition coefficient (Wildman–Crippen LogP) is 4.02. The van der Waals surface area contributed by atoms with E-state index in [0.717, 1.165) is 17.5 Å². The van der Waals surface area contributed by atoms with Crippen LogP contribution in [0.25, 0.3) is 0 Å². The molecule has 0 aliphatic heterocycles. The first kappa shape index (κ1) is 12.9. The molecule has 2 unspecified atom stereocenters. The molecule has 0 radical (unpaired) electrons. The first-order valence-electron chi connectivity index (χ1n) is 7.05. The van der Waals surface area contributed by atoms with Crippen molar-refractivity contribution in [3.05, 3.63) is 71.3 Å². The van der Waals surface area contributed by atoms with Gasteiger partial charge in [-0.1, -0.05) is 61.5 Å². The third-order valence-electron chi connectivity index (χ3n) is 4.00. The number of ether oxygens (including phenoxy) is 1. The van der Waals surface area contributed by atoms with E-state index in [1.165, 1.54) is 5.56 Å². The Kier molecular flexibility index (Phi) is 3.55. The number of carbonyl (C=O) groups is 1. The van der Waals surface area contributed by atoms with Crippen molar-refractivity contribution in [2.75, 3.05) is 0 Å². The van der Waals surface area contributed by atoms with Crippen molar-refractivity contribution in [3.8, 4) is 0 Å². The van der Waals surface area contributed by atoms with Gasteiger partial charge in [-0.25, -0.2) is 0 Å². The average molecular weight is 266 g/mol. The van der Waals surface area contributed by atoms with Crippen LogP contribution in [0.2, 0.25) is 0 Å². The molecule has 2 aromatic carbocycles. The molecule has 102 valence electrons. The van der Waals surface area contributed by atoms with E-state index in [1.54, 1.807) is 0 Å². The van der Waals surface area contributed by atoms with Gasteiger partial charge in [0, 0.05) is 0 Å². The molecular weight excluding hydrogens is 248 g/mol. The van der Waals surface area contributed by atoms with Crippen LogP contribution in [0, 0.1) is 0 Å². The van der Waals surface area contributed by atoms with Crippen molar-refractivity contribution in [1.29, 1.82) is 0 Å². The molecule has 2 heteroatoms. The average Bonchev–Trinajstić information content (AvgIpc) is 2.84. The Morgan fingerprint density at radius 3 is 2.45 bits per heavy atom. The van der Waals surface area contributed by atoms with E-state index in [9.17, 15) is 4.79 Å². The number of rotatable bonds is 3. The van der Waals surface area contributed by atoms with Crippen LogP contribution in [0.5, 0.6) is 0 Å². The summed E-state index contributed by atoms with van der Waals surface area (Å²) in [6, 6.07) is 18.0. The van der Waals surface area contributed by atoms with Crippen molar-refractivity contribution in [1.82, 2.24) is 0 Å². The summed E-state index contributed by atoms with van der Waals surface area (Å²) in [6.45, 7) is 2.52. The van der Waals surface area contributed by atoms with E-state index in [2.05, 4.69) is 13.0 Å². The quantitative estimate of drug-likeness (QED) is 0.784. The van der Waals surface area contributed by atoms with Gasteiger partial charge in [-0.05, 0) is 29.0 Å². The van der Waals surface area contributed by atoms with Gasteiger partial charge in [-0.2, -0.15) is 0 Å². The molecule has 20 heavy (non-hydrogen) atoms. The summed E-state index contributed by atoms with van der Waals surface area (Å²) in [6.07, 6.45) is 0.854. The molecule has 1 aliphatic carbocycles. The van der Waals surface area contributed by atoms with Gasteiger partial charge in [0.05, 0.1) is 5.92 Å². The zero-order valence-electron chi connectivity index (χ0n) is 11.6. The zero-order valence-corrected chi connectivity index (χ0v) is 11.6. The second-order valence-electron chi connectivity index (χ2n) is 5.41. The van der Waals surface area contributed by atoms with Gasteiger partial charge in [0.2, 0.25) is 0 Å². The summed E-state index contributed by atoms with van der Waals surface area (Å²) in [7, 11) is 0. The van der Waals surface area contributed by atoms with Crippen molar-refractivity contribution in [2.24, 2.45) is 0 Å². The molecule has 0 spiro atoms. The number of hydrogen-bond acceptors (Lipinski definition) is 2. The summed E-state index contributed by atoms with van der Waals surface area (Å²) >= 11 is 0. The predicted molar refractivity (Wildman–Crippen MR) is 78.5 cm³/mol. The Morgan fingerprint density at radius 1 is 1.05 bits per heavy atom. The van der Waals surface area contributed by atoms with E-state index in [-0.39, 0.29) is 11.9 Å². The highest BCUT2D eigenvalue weighted by Gasteiger charge is 2.33. The Labute approximate surface area is 119 Å². The van der Waals surface area contributed by atoms with E-state index < -0.39 is 0 Å². The van der Waals surface area contributed by atoms with Crippen LogP contribution in [0.4, 0.5) is 0 Å². The lowest BCUT2D eigenvalue weighted by molar-refractivity contribution is -0.146. The molecule has 2 atom stereocenters. The lowest BCUT2D eigenvalue weighted by Gasteiger charge is -2.11. The fourth-order valence-electron chi connectivity index (χ4n) is 2.94. The first-order chi connectivity index (χ1) is 9.75. The molecule has 3 rings (SSSR count). The molecule has 0 saturated carbocycles. The molecule has 0 N–H and O–H groups in total. The first-order valence-corrected chi connectivity index (χ1v) is 7.05. The highest BCUT2D eigenvalue weighted by Crippen LogP contribution is 2.41. The van der Waals surface area contributed by atoms with Gasteiger partial charge in [-0.3, -0.25) is 4.79 Å². The molecule has 2 aromatic rings. The van der Waals surface area contributed by atoms with Crippen LogP contribution in [-0.2, 0) is 16.1 Å². The molecule has 2 nitrogen and oxygen atoms in total. The fourth-order valence-corrected chi connectivity index (χ4v) is 2.94. The summed E-state index contributed by atoms with van der Waals surface area (Å²) in [5.74, 6) is 0.219. The monoisotopic (exact) mass is 266 g/mol. The van der Waals surface area contributed by atoms with Crippen LogP contribution >= 0.6 is 0 Å². The molecule has 0 aromatic heterocycles. The lowest BCUT2D eigenvalue weighted by Crippen LogP contribution is -2.13. The SMILES string of the molecule is CC1CC(C(=O)OCc2ccccc2)c2ccccc21. The van der Waals surface area contributed by atoms with Gasteiger partial charge in [0.1, 0.15) is 6.61 Å². The maximum atomic E-state index is 12.3. The Balaban J connectivity index is 1.70. The minimum atomic E-state index is -0.107. The van der Waals surface area contributed by atoms with Crippen LogP contribution in [0.3, 0.4) is 0 Å². The van der Waals surface area contributed by atoms with E-state index >= 15 is 0 Å². The normalized spacial score (nSPS) is 20.4. The standard InChI is InChI=1S/C18H18O2/c1-13-11-17(16-10-6-5-9-15(13)16)18(19)20-12-14-7-3-2-4-8-14/h2-10,13,17H,11-12H2,1H3. The smallest absolute Gasteiger partial charge is 0.313 e. The van der Waals surface area contributed by atoms with Gasteiger partial charge in [0.25, 0.3) is 0 Å². The number of esters is 1. The molecule has 1 aliphatic rings. The van der Waals surface area contributed by atoms with Crippen LogP contribution in [0.15, 0.2) is 54.6 Å². The molecule has 0 amide bonds. The Hall–Kier alpha value is -2.09. The molecular formula is C18H18O2. The van der Waals surface area contributed by atoms with Crippen LogP contribution in [-0.4, -0.2) is 5.97 Å². The minimum absolute atomic E-state index is 0.106. The van der Waals surface area contributed by atoms with Crippen LogP contribution < -0.4 is 0 Å². The van der Waals surface area contributed by atoms with Gasteiger partial charge < -0.3 is 4.74 Å². The number of benzene rings is 2. The van der Waals surface area contributed by atoms with Crippen molar-refractivity contribution >= 4 is 5.97 Å². The van der Waals surface area contributed by atoms with E-state index in [0.29, 0.717) is 12.5 Å². The molecule has 0 fully saturated rings. The van der Waals surface area contributed by atoms with Gasteiger partial charge >= 0.3 is 5.97 Å². The number of hydrogen-bond donors (Lipinski definition) is 0. The highest BCUT2D eigenvalue weighted by molar-refractivity contribution is 5.80. The second-order valence-corrected chi connectivity index (χ2v) is 5.41. The summed E-state index contributed by atoms with van der Waals surface area (Å²) in [5, 5.41) is 0. The molecule has 0 heterocycles. The number of carbonyl (C=O) groups excluding carboxylic acids is 1. The summed E-state index contributed by atoms with van der Waals surface area (Å²) in [4.78, 5) is 12.3. The summed E-state index contributed by atoms with van der Waals surface area (Å²) < 4.78 is 5.48. The minimum Gasteiger partial charge on any atom is -0.460 e. The molecule has 0 saturated heterocycles. The van der Waals surface area contributed by atoms with Crippen molar-refractivity contribution in [3.63, 3.8) is 0 Å². The topological polar surface area (TPSA) is 26.3 Å². The second kappa shape index (κ2) is 5.49. The highest BCUT2D eigenvalue weighted by atomic mass is 16.5. The van der Waals surface area contributed by atoms with Gasteiger partial charge in [-0.15, -0.1) is 0 Å². The Bertz CT molecular complexity index is 604. The zero-order chi connectivity index (χ0) is 13.9. The maximum absolute atomic E-state index is 12.3. The van der Waals surface area contributed by atoms with Crippen molar-refractivity contribution in [2.45, 2.75) is 31.8 Å². The van der Waals surface area contributed by atoms with Gasteiger partial charge in [0.15, 0.2) is 0 Å². The third-order valence-corrected chi connectivity index (χ3v) is 4.00. The van der Waals surface area contributed by atoms with Crippen LogP contribution in [0.1, 0.15) is 41.9 Å². The Morgan fingerprint density at radius 2 is 1.70 bits per heavy atom. The summed E-state index contributed by atoms with van der Waals surface area (Å²) in [5.41, 5.74) is 3.45. The van der Waals surface area contributed by atoms with E-state index in [4.69, 9.17) is 4.74 Å². The largest absolute Gasteiger partial charge is 0.460 e. The molecule has 0 bridgehead atoms. The van der Waals surface area contributed by atoms with E-state index in [1.807, 2.05) is 48.5 Å². The lowest BCUT2D eigenvalue weighted by atomic mass is 10.0. The third kappa shape index (κ3) is 2.46. The number of fused-ring (bicyclic) bond motifs is 1. The van der Waals surface area contributed by atoms with Crippen molar-refractivity contribution < 1.29 is 9.53 Å². The fraction of sp³-hybridized carbons (Fsp3) is 0.278. The maximum Gasteiger partial charge on any atom is 0.313 e.